The third-order valence-corrected chi connectivity index (χ3v) is 2.51. The maximum absolute atomic E-state index is 11.5. The van der Waals surface area contributed by atoms with Crippen LogP contribution in [0.25, 0.3) is 11.5 Å². The van der Waals surface area contributed by atoms with Crippen LogP contribution in [0.3, 0.4) is 0 Å². The third-order valence-electron chi connectivity index (χ3n) is 2.51. The Balaban J connectivity index is 2.49. The summed E-state index contributed by atoms with van der Waals surface area (Å²) in [6, 6.07) is 7.30. The number of hydrogen-bond acceptors (Lipinski definition) is 5. The van der Waals surface area contributed by atoms with Crippen molar-refractivity contribution in [2.24, 2.45) is 0 Å². The smallest absolute Gasteiger partial charge is 0.360 e. The zero-order valence-corrected chi connectivity index (χ0v) is 10.4. The summed E-state index contributed by atoms with van der Waals surface area (Å²) in [4.78, 5) is 15.6. The quantitative estimate of drug-likeness (QED) is 0.779. The summed E-state index contributed by atoms with van der Waals surface area (Å²) in [5.74, 6) is 0.876. The first kappa shape index (κ1) is 12.2. The molecule has 1 heterocycles. The second-order valence-electron chi connectivity index (χ2n) is 3.62. The van der Waals surface area contributed by atoms with Crippen molar-refractivity contribution in [2.45, 2.75) is 6.92 Å². The second kappa shape index (κ2) is 4.91. The molecule has 0 N–H and O–H groups in total. The monoisotopic (exact) mass is 247 g/mol. The largest absolute Gasteiger partial charge is 0.496 e. The van der Waals surface area contributed by atoms with Crippen LogP contribution in [0.15, 0.2) is 28.7 Å². The van der Waals surface area contributed by atoms with Crippen LogP contribution in [0.2, 0.25) is 0 Å². The Kier molecular flexibility index (Phi) is 3.32. The molecule has 0 saturated carbocycles. The van der Waals surface area contributed by atoms with E-state index in [1.807, 2.05) is 18.2 Å². The van der Waals surface area contributed by atoms with Gasteiger partial charge in [-0.2, -0.15) is 0 Å². The molecule has 0 atom stereocenters. The molecule has 2 aromatic rings. The Morgan fingerprint density at radius 1 is 1.28 bits per heavy atom. The molecule has 94 valence electrons. The minimum Gasteiger partial charge on any atom is -0.496 e. The van der Waals surface area contributed by atoms with Crippen molar-refractivity contribution in [1.29, 1.82) is 0 Å². The molecular weight excluding hydrogens is 234 g/mol. The molecule has 0 saturated heterocycles. The molecule has 0 unspecified atom stereocenters. The van der Waals surface area contributed by atoms with Crippen molar-refractivity contribution in [3.05, 3.63) is 35.7 Å². The van der Waals surface area contributed by atoms with E-state index in [-0.39, 0.29) is 5.69 Å². The molecule has 1 aromatic carbocycles. The van der Waals surface area contributed by atoms with Gasteiger partial charge in [-0.15, -0.1) is 0 Å². The van der Waals surface area contributed by atoms with Crippen LogP contribution in [0.4, 0.5) is 0 Å². The molecule has 18 heavy (non-hydrogen) atoms. The van der Waals surface area contributed by atoms with Gasteiger partial charge in [-0.3, -0.25) is 0 Å². The zero-order chi connectivity index (χ0) is 13.1. The number of aromatic nitrogens is 1. The zero-order valence-electron chi connectivity index (χ0n) is 10.4. The molecule has 5 nitrogen and oxygen atoms in total. The predicted molar refractivity (Wildman–Crippen MR) is 64.6 cm³/mol. The van der Waals surface area contributed by atoms with E-state index >= 15 is 0 Å². The fraction of sp³-hybridized carbons (Fsp3) is 0.231. The molecule has 0 aliphatic heterocycles. The Hall–Kier alpha value is -2.30. The standard InChI is InChI=1S/C13H13NO4/c1-8-11(13(15)17-3)14-12(18-8)9-6-4-5-7-10(9)16-2/h4-7H,1-3H3. The number of aryl methyl sites for hydroxylation is 1. The van der Waals surface area contributed by atoms with Crippen molar-refractivity contribution in [1.82, 2.24) is 4.98 Å². The predicted octanol–water partition coefficient (Wildman–Crippen LogP) is 2.45. The average molecular weight is 247 g/mol. The van der Waals surface area contributed by atoms with Crippen molar-refractivity contribution in [3.63, 3.8) is 0 Å². The molecule has 1 aromatic heterocycles. The molecule has 0 aliphatic rings. The van der Waals surface area contributed by atoms with Crippen LogP contribution < -0.4 is 4.74 Å². The van der Waals surface area contributed by atoms with E-state index in [9.17, 15) is 4.79 Å². The number of hydrogen-bond donors (Lipinski definition) is 0. The van der Waals surface area contributed by atoms with E-state index in [1.54, 1.807) is 20.1 Å². The highest BCUT2D eigenvalue weighted by Gasteiger charge is 2.20. The van der Waals surface area contributed by atoms with Gasteiger partial charge >= 0.3 is 5.97 Å². The molecular formula is C13H13NO4. The number of rotatable bonds is 3. The van der Waals surface area contributed by atoms with E-state index in [0.717, 1.165) is 0 Å². The number of ether oxygens (including phenoxy) is 2. The number of benzene rings is 1. The van der Waals surface area contributed by atoms with Crippen molar-refractivity contribution >= 4 is 5.97 Å². The highest BCUT2D eigenvalue weighted by atomic mass is 16.5. The fourth-order valence-electron chi connectivity index (χ4n) is 1.62. The topological polar surface area (TPSA) is 61.6 Å². The third kappa shape index (κ3) is 2.07. The number of nitrogens with zero attached hydrogens (tertiary/aromatic N) is 1. The average Bonchev–Trinajstić information content (AvgIpc) is 2.79. The van der Waals surface area contributed by atoms with Crippen molar-refractivity contribution in [2.75, 3.05) is 14.2 Å². The fourth-order valence-corrected chi connectivity index (χ4v) is 1.62. The van der Waals surface area contributed by atoms with E-state index in [2.05, 4.69) is 9.72 Å². The molecule has 2 rings (SSSR count). The molecule has 0 spiro atoms. The van der Waals surface area contributed by atoms with Crippen LogP contribution >= 0.6 is 0 Å². The van der Waals surface area contributed by atoms with Gasteiger partial charge in [-0.1, -0.05) is 12.1 Å². The number of esters is 1. The molecule has 0 fully saturated rings. The van der Waals surface area contributed by atoms with E-state index < -0.39 is 5.97 Å². The van der Waals surface area contributed by atoms with Crippen molar-refractivity contribution in [3.8, 4) is 17.2 Å². The van der Waals surface area contributed by atoms with Gasteiger partial charge in [0.25, 0.3) is 0 Å². The normalized spacial score (nSPS) is 10.2. The maximum Gasteiger partial charge on any atom is 0.360 e. The maximum atomic E-state index is 11.5. The Morgan fingerprint density at radius 2 is 2.00 bits per heavy atom. The van der Waals surface area contributed by atoms with Gasteiger partial charge in [-0.05, 0) is 19.1 Å². The van der Waals surface area contributed by atoms with Crippen LogP contribution in [-0.2, 0) is 4.74 Å². The van der Waals surface area contributed by atoms with E-state index in [1.165, 1.54) is 7.11 Å². The summed E-state index contributed by atoms with van der Waals surface area (Å²) in [5.41, 5.74) is 0.872. The van der Waals surface area contributed by atoms with Gasteiger partial charge in [-0.25, -0.2) is 9.78 Å². The molecule has 0 radical (unpaired) electrons. The SMILES string of the molecule is COC(=O)c1nc(-c2ccccc2OC)oc1C. The van der Waals surface area contributed by atoms with E-state index in [0.29, 0.717) is 23.0 Å². The van der Waals surface area contributed by atoms with Crippen LogP contribution in [0.1, 0.15) is 16.2 Å². The summed E-state index contributed by atoms with van der Waals surface area (Å²) in [7, 11) is 2.87. The van der Waals surface area contributed by atoms with Crippen LogP contribution in [-0.4, -0.2) is 25.2 Å². The number of carbonyl (C=O) groups excluding carboxylic acids is 1. The van der Waals surface area contributed by atoms with Crippen LogP contribution in [0.5, 0.6) is 5.75 Å². The van der Waals surface area contributed by atoms with Gasteiger partial charge in [0.2, 0.25) is 5.89 Å². The van der Waals surface area contributed by atoms with Crippen LogP contribution in [0, 0.1) is 6.92 Å². The highest BCUT2D eigenvalue weighted by Crippen LogP contribution is 2.30. The lowest BCUT2D eigenvalue weighted by molar-refractivity contribution is 0.0593. The lowest BCUT2D eigenvalue weighted by Crippen LogP contribution is -2.03. The highest BCUT2D eigenvalue weighted by molar-refractivity contribution is 5.88. The molecule has 0 bridgehead atoms. The number of oxazole rings is 1. The lowest BCUT2D eigenvalue weighted by Gasteiger charge is -2.03. The first-order valence-corrected chi connectivity index (χ1v) is 5.36. The first-order valence-electron chi connectivity index (χ1n) is 5.36. The summed E-state index contributed by atoms with van der Waals surface area (Å²) in [5, 5.41) is 0. The minimum atomic E-state index is -0.516. The van der Waals surface area contributed by atoms with E-state index in [4.69, 9.17) is 9.15 Å². The second-order valence-corrected chi connectivity index (χ2v) is 3.62. The Labute approximate surface area is 104 Å². The molecule has 0 aliphatic carbocycles. The summed E-state index contributed by atoms with van der Waals surface area (Å²) in [6.07, 6.45) is 0. The molecule has 0 amide bonds. The number of para-hydroxylation sites is 1. The van der Waals surface area contributed by atoms with Gasteiger partial charge in [0.1, 0.15) is 11.5 Å². The summed E-state index contributed by atoms with van der Waals surface area (Å²) >= 11 is 0. The number of carbonyl (C=O) groups is 1. The van der Waals surface area contributed by atoms with Gasteiger partial charge < -0.3 is 13.9 Å². The number of methoxy groups -OCH3 is 2. The Bertz CT molecular complexity index is 574. The first-order chi connectivity index (χ1) is 8.67. The lowest BCUT2D eigenvalue weighted by atomic mass is 10.2. The molecule has 5 heteroatoms. The minimum absolute atomic E-state index is 0.179. The van der Waals surface area contributed by atoms with Gasteiger partial charge in [0, 0.05) is 0 Å². The van der Waals surface area contributed by atoms with Gasteiger partial charge in [0.15, 0.2) is 5.69 Å². The summed E-state index contributed by atoms with van der Waals surface area (Å²) in [6.45, 7) is 1.66. The van der Waals surface area contributed by atoms with Crippen molar-refractivity contribution < 1.29 is 18.7 Å². The summed E-state index contributed by atoms with van der Waals surface area (Å²) < 4.78 is 15.3. The Morgan fingerprint density at radius 3 is 2.67 bits per heavy atom. The van der Waals surface area contributed by atoms with Gasteiger partial charge in [0.05, 0.1) is 19.8 Å².